The summed E-state index contributed by atoms with van der Waals surface area (Å²) in [5.41, 5.74) is 0. The van der Waals surface area contributed by atoms with Gasteiger partial charge in [-0.3, -0.25) is 4.79 Å². The van der Waals surface area contributed by atoms with Crippen LogP contribution in [0.3, 0.4) is 0 Å². The van der Waals surface area contributed by atoms with E-state index in [0.717, 1.165) is 6.42 Å². The minimum atomic E-state index is -0.466. The third-order valence-corrected chi connectivity index (χ3v) is 1.63. The van der Waals surface area contributed by atoms with E-state index in [0.29, 0.717) is 13.2 Å². The third kappa shape index (κ3) is 5.39. The molecule has 0 aliphatic rings. The number of methoxy groups -OCH3 is 1. The molecule has 0 spiro atoms. The van der Waals surface area contributed by atoms with E-state index in [9.17, 15) is 4.79 Å². The Morgan fingerprint density at radius 1 is 1.71 bits per heavy atom. The highest BCUT2D eigenvalue weighted by atomic mass is 16.5. The van der Waals surface area contributed by atoms with Gasteiger partial charge in [0.1, 0.15) is 5.92 Å². The Kier molecular flexibility index (Phi) is 7.58. The zero-order valence-corrected chi connectivity index (χ0v) is 8.75. The van der Waals surface area contributed by atoms with Gasteiger partial charge in [-0.2, -0.15) is 0 Å². The van der Waals surface area contributed by atoms with Crippen molar-refractivity contribution in [1.82, 2.24) is 5.32 Å². The first-order valence-electron chi connectivity index (χ1n) is 4.65. The fraction of sp³-hybridized carbons (Fsp3) is 0.545. The average molecular weight is 195 g/mol. The van der Waals surface area contributed by atoms with Crippen molar-refractivity contribution in [3.05, 3.63) is 12.2 Å². The van der Waals surface area contributed by atoms with Gasteiger partial charge in [-0.1, -0.05) is 25.0 Å². The first-order chi connectivity index (χ1) is 6.76. The summed E-state index contributed by atoms with van der Waals surface area (Å²) in [7, 11) is 1.59. The summed E-state index contributed by atoms with van der Waals surface area (Å²) in [6, 6.07) is 0. The lowest BCUT2D eigenvalue weighted by atomic mass is 10.1. The molecule has 3 heteroatoms. The molecule has 0 bridgehead atoms. The van der Waals surface area contributed by atoms with Gasteiger partial charge < -0.3 is 10.1 Å². The van der Waals surface area contributed by atoms with Crippen LogP contribution >= 0.6 is 0 Å². The Morgan fingerprint density at radius 2 is 2.43 bits per heavy atom. The zero-order chi connectivity index (χ0) is 10.8. The van der Waals surface area contributed by atoms with E-state index in [1.165, 1.54) is 0 Å². The van der Waals surface area contributed by atoms with Crippen LogP contribution in [0.4, 0.5) is 0 Å². The number of carbonyl (C=O) groups is 1. The van der Waals surface area contributed by atoms with Crippen LogP contribution in [-0.2, 0) is 9.53 Å². The van der Waals surface area contributed by atoms with Crippen molar-refractivity contribution in [3.63, 3.8) is 0 Å². The Hall–Kier alpha value is -1.27. The number of terminal acetylenes is 1. The molecular formula is C11H17NO2. The normalized spacial score (nSPS) is 12.4. The average Bonchev–Trinajstić information content (AvgIpc) is 2.19. The topological polar surface area (TPSA) is 38.3 Å². The molecule has 1 amide bonds. The number of hydrogen-bond acceptors (Lipinski definition) is 2. The van der Waals surface area contributed by atoms with Crippen LogP contribution in [0.25, 0.3) is 0 Å². The summed E-state index contributed by atoms with van der Waals surface area (Å²) >= 11 is 0. The number of rotatable bonds is 6. The van der Waals surface area contributed by atoms with E-state index >= 15 is 0 Å². The Morgan fingerprint density at radius 3 is 2.93 bits per heavy atom. The van der Waals surface area contributed by atoms with Crippen LogP contribution in [0.1, 0.15) is 13.3 Å². The standard InChI is InChI=1S/C11H17NO2/c1-4-6-7-10(5-2)11(13)12-8-9-14-3/h2,6-7,10H,4,8-9H2,1,3H3,(H,12,13)/b7-6-. The monoisotopic (exact) mass is 195 g/mol. The zero-order valence-electron chi connectivity index (χ0n) is 8.75. The number of ether oxygens (including phenoxy) is 1. The molecule has 0 aromatic rings. The van der Waals surface area contributed by atoms with Crippen LogP contribution in [0, 0.1) is 18.3 Å². The molecule has 0 saturated heterocycles. The van der Waals surface area contributed by atoms with E-state index < -0.39 is 5.92 Å². The van der Waals surface area contributed by atoms with E-state index in [2.05, 4.69) is 11.2 Å². The van der Waals surface area contributed by atoms with Crippen molar-refractivity contribution >= 4 is 5.91 Å². The molecule has 0 aliphatic heterocycles. The van der Waals surface area contributed by atoms with E-state index in [-0.39, 0.29) is 5.91 Å². The highest BCUT2D eigenvalue weighted by Crippen LogP contribution is 1.97. The second-order valence-electron chi connectivity index (χ2n) is 2.76. The molecule has 0 heterocycles. The smallest absolute Gasteiger partial charge is 0.239 e. The lowest BCUT2D eigenvalue weighted by Crippen LogP contribution is -2.31. The number of carbonyl (C=O) groups excluding carboxylic acids is 1. The fourth-order valence-electron chi connectivity index (χ4n) is 0.877. The van der Waals surface area contributed by atoms with Gasteiger partial charge in [0.15, 0.2) is 0 Å². The maximum Gasteiger partial charge on any atom is 0.239 e. The molecule has 0 radical (unpaired) electrons. The predicted octanol–water partition coefficient (Wildman–Crippen LogP) is 0.965. The highest BCUT2D eigenvalue weighted by Gasteiger charge is 2.10. The van der Waals surface area contributed by atoms with Gasteiger partial charge in [-0.25, -0.2) is 0 Å². The molecule has 1 unspecified atom stereocenters. The maximum absolute atomic E-state index is 11.4. The van der Waals surface area contributed by atoms with E-state index in [1.807, 2.05) is 13.0 Å². The van der Waals surface area contributed by atoms with Crippen molar-refractivity contribution in [1.29, 1.82) is 0 Å². The summed E-state index contributed by atoms with van der Waals surface area (Å²) < 4.78 is 4.80. The number of hydrogen-bond donors (Lipinski definition) is 1. The van der Waals surface area contributed by atoms with Crippen LogP contribution in [0.2, 0.25) is 0 Å². The van der Waals surface area contributed by atoms with Gasteiger partial charge >= 0.3 is 0 Å². The summed E-state index contributed by atoms with van der Waals surface area (Å²) in [6.07, 6.45) is 9.73. The Bertz CT molecular complexity index is 228. The van der Waals surface area contributed by atoms with Crippen molar-refractivity contribution < 1.29 is 9.53 Å². The summed E-state index contributed by atoms with van der Waals surface area (Å²) in [5.74, 6) is 1.81. The molecule has 1 atom stereocenters. The molecule has 78 valence electrons. The number of amides is 1. The van der Waals surface area contributed by atoms with Crippen LogP contribution < -0.4 is 5.32 Å². The summed E-state index contributed by atoms with van der Waals surface area (Å²) in [5, 5.41) is 2.69. The van der Waals surface area contributed by atoms with E-state index in [4.69, 9.17) is 11.2 Å². The summed E-state index contributed by atoms with van der Waals surface area (Å²) in [6.45, 7) is 2.99. The van der Waals surface area contributed by atoms with Gasteiger partial charge in [0.2, 0.25) is 5.91 Å². The molecule has 14 heavy (non-hydrogen) atoms. The highest BCUT2D eigenvalue weighted by molar-refractivity contribution is 5.83. The number of allylic oxidation sites excluding steroid dienone is 1. The minimum Gasteiger partial charge on any atom is -0.383 e. The van der Waals surface area contributed by atoms with Crippen molar-refractivity contribution in [3.8, 4) is 12.3 Å². The lowest BCUT2D eigenvalue weighted by molar-refractivity contribution is -0.122. The van der Waals surface area contributed by atoms with Gasteiger partial charge in [0.25, 0.3) is 0 Å². The second kappa shape index (κ2) is 8.33. The van der Waals surface area contributed by atoms with Crippen molar-refractivity contribution in [2.75, 3.05) is 20.3 Å². The first kappa shape index (κ1) is 12.7. The van der Waals surface area contributed by atoms with Crippen LogP contribution in [0.5, 0.6) is 0 Å². The third-order valence-electron chi connectivity index (χ3n) is 1.63. The largest absolute Gasteiger partial charge is 0.383 e. The van der Waals surface area contributed by atoms with Gasteiger partial charge in [-0.05, 0) is 6.42 Å². The molecule has 0 saturated carbocycles. The van der Waals surface area contributed by atoms with Crippen molar-refractivity contribution in [2.24, 2.45) is 5.92 Å². The lowest BCUT2D eigenvalue weighted by Gasteiger charge is -2.06. The molecule has 0 rings (SSSR count). The molecule has 0 aliphatic carbocycles. The first-order valence-corrected chi connectivity index (χ1v) is 4.65. The molecule has 3 nitrogen and oxygen atoms in total. The van der Waals surface area contributed by atoms with Crippen LogP contribution in [-0.4, -0.2) is 26.2 Å². The Balaban J connectivity index is 3.94. The molecule has 1 N–H and O–H groups in total. The molecular weight excluding hydrogens is 178 g/mol. The summed E-state index contributed by atoms with van der Waals surface area (Å²) in [4.78, 5) is 11.4. The van der Waals surface area contributed by atoms with Gasteiger partial charge in [-0.15, -0.1) is 6.42 Å². The predicted molar refractivity (Wildman–Crippen MR) is 56.6 cm³/mol. The van der Waals surface area contributed by atoms with Gasteiger partial charge in [0, 0.05) is 13.7 Å². The van der Waals surface area contributed by atoms with Gasteiger partial charge in [0.05, 0.1) is 6.61 Å². The minimum absolute atomic E-state index is 0.144. The molecule has 0 fully saturated rings. The molecule has 0 aromatic heterocycles. The fourth-order valence-corrected chi connectivity index (χ4v) is 0.877. The quantitative estimate of drug-likeness (QED) is 0.389. The SMILES string of the molecule is C#CC(/C=C\CC)C(=O)NCCOC. The number of nitrogens with one attached hydrogen (secondary N) is 1. The van der Waals surface area contributed by atoms with Crippen LogP contribution in [0.15, 0.2) is 12.2 Å². The maximum atomic E-state index is 11.4. The second-order valence-corrected chi connectivity index (χ2v) is 2.76. The molecule has 0 aromatic carbocycles. The van der Waals surface area contributed by atoms with E-state index in [1.54, 1.807) is 13.2 Å². The van der Waals surface area contributed by atoms with Crippen molar-refractivity contribution in [2.45, 2.75) is 13.3 Å². The Labute approximate surface area is 85.5 Å².